The van der Waals surface area contributed by atoms with E-state index in [9.17, 15) is 20.4 Å². The van der Waals surface area contributed by atoms with Crippen LogP contribution in [-0.4, -0.2) is 23.3 Å². The van der Waals surface area contributed by atoms with E-state index in [0.29, 0.717) is 32.3 Å². The summed E-state index contributed by atoms with van der Waals surface area (Å²) in [4.78, 5) is 11.8. The van der Waals surface area contributed by atoms with Crippen molar-refractivity contribution in [3.8, 4) is 12.1 Å². The molecule has 6 heteroatoms. The van der Waals surface area contributed by atoms with Gasteiger partial charge in [-0.15, -0.1) is 0 Å². The van der Waals surface area contributed by atoms with Gasteiger partial charge in [-0.05, 0) is 45.1 Å². The summed E-state index contributed by atoms with van der Waals surface area (Å²) in [5.41, 5.74) is -0.792. The van der Waals surface area contributed by atoms with Crippen LogP contribution in [0, 0.1) is 28.1 Å². The molecule has 0 amide bonds. The Morgan fingerprint density at radius 1 is 1.19 bits per heavy atom. The van der Waals surface area contributed by atoms with E-state index >= 15 is 0 Å². The zero-order valence-electron chi connectivity index (χ0n) is 15.7. The molecule has 0 aliphatic heterocycles. The second-order valence-electron chi connectivity index (χ2n) is 6.97. The van der Waals surface area contributed by atoms with Crippen LogP contribution in [0.25, 0.3) is 0 Å². The Morgan fingerprint density at radius 3 is 2.33 bits per heavy atom. The van der Waals surface area contributed by atoms with Gasteiger partial charge in [0.2, 0.25) is 5.76 Å². The molecular weight excluding hydrogens is 344 g/mol. The number of aliphatic hydroxyl groups is 1. The van der Waals surface area contributed by atoms with Crippen LogP contribution in [0.1, 0.15) is 45.1 Å². The number of ether oxygens (including phenoxy) is 2. The topological polar surface area (TPSA) is 103 Å². The Morgan fingerprint density at radius 2 is 1.81 bits per heavy atom. The molecule has 1 fully saturated rings. The summed E-state index contributed by atoms with van der Waals surface area (Å²) in [6.07, 6.45) is 1.71. The van der Waals surface area contributed by atoms with Crippen molar-refractivity contribution in [2.75, 3.05) is 6.61 Å². The summed E-state index contributed by atoms with van der Waals surface area (Å²) < 4.78 is 10.9. The summed E-state index contributed by atoms with van der Waals surface area (Å²) in [7, 11) is 0. The van der Waals surface area contributed by atoms with Gasteiger partial charge in [-0.25, -0.2) is 4.79 Å². The van der Waals surface area contributed by atoms with Crippen molar-refractivity contribution in [2.45, 2.75) is 51.7 Å². The molecule has 0 spiro atoms. The van der Waals surface area contributed by atoms with E-state index in [4.69, 9.17) is 9.47 Å². The summed E-state index contributed by atoms with van der Waals surface area (Å²) in [6.45, 7) is 4.13. The predicted octanol–water partition coefficient (Wildman–Crippen LogP) is 3.94. The first-order chi connectivity index (χ1) is 12.9. The molecule has 1 aromatic rings. The number of allylic oxidation sites excluding steroid dienone is 1. The van der Waals surface area contributed by atoms with E-state index in [1.165, 1.54) is 0 Å². The Labute approximate surface area is 159 Å². The average molecular weight is 368 g/mol. The summed E-state index contributed by atoms with van der Waals surface area (Å²) in [6, 6.07) is 13.8. The number of carbonyl (C=O) groups is 1. The second kappa shape index (κ2) is 8.70. The quantitative estimate of drug-likeness (QED) is 0.353. The number of nitriles is 2. The first-order valence-corrected chi connectivity index (χ1v) is 9.00. The van der Waals surface area contributed by atoms with Crippen LogP contribution in [0.4, 0.5) is 0 Å². The maximum Gasteiger partial charge on any atom is 0.374 e. The third-order valence-corrected chi connectivity index (χ3v) is 5.10. The summed E-state index contributed by atoms with van der Waals surface area (Å²) >= 11 is 0. The minimum absolute atomic E-state index is 0.0759. The third-order valence-electron chi connectivity index (χ3n) is 5.10. The minimum atomic E-state index is -1.21. The van der Waals surface area contributed by atoms with Crippen molar-refractivity contribution in [3.05, 3.63) is 47.2 Å². The number of benzene rings is 1. The molecule has 1 saturated carbocycles. The largest absolute Gasteiger partial charge is 0.501 e. The molecule has 6 nitrogen and oxygen atoms in total. The highest BCUT2D eigenvalue weighted by atomic mass is 16.5. The standard InChI is InChI=1S/C21H24N2O4/c1-3-26-19(25)18(24)17(13-22)21(15-23)11-9-20(2,10-12-21)27-14-16-7-5-4-6-8-16/h4-8,24H,3,9-12,14H2,1-2H3/b18-17+. The molecule has 0 unspecified atom stereocenters. The van der Waals surface area contributed by atoms with E-state index < -0.39 is 22.7 Å². The highest BCUT2D eigenvalue weighted by Gasteiger charge is 2.46. The van der Waals surface area contributed by atoms with Crippen LogP contribution in [0.2, 0.25) is 0 Å². The van der Waals surface area contributed by atoms with Gasteiger partial charge >= 0.3 is 5.97 Å². The van der Waals surface area contributed by atoms with Crippen LogP contribution in [0.15, 0.2) is 41.7 Å². The monoisotopic (exact) mass is 368 g/mol. The van der Waals surface area contributed by atoms with Gasteiger partial charge in [-0.2, -0.15) is 10.5 Å². The van der Waals surface area contributed by atoms with Crippen LogP contribution in [0.5, 0.6) is 0 Å². The lowest BCUT2D eigenvalue weighted by atomic mass is 9.66. The molecule has 0 aromatic heterocycles. The first-order valence-electron chi connectivity index (χ1n) is 9.00. The molecule has 0 bridgehead atoms. The fourth-order valence-electron chi connectivity index (χ4n) is 3.29. The van der Waals surface area contributed by atoms with Gasteiger partial charge in [0.1, 0.15) is 6.07 Å². The molecule has 0 saturated heterocycles. The van der Waals surface area contributed by atoms with Crippen LogP contribution >= 0.6 is 0 Å². The Hall–Kier alpha value is -2.83. The summed E-state index contributed by atoms with van der Waals surface area (Å²) in [5, 5.41) is 29.4. The van der Waals surface area contributed by atoms with Gasteiger partial charge in [0.05, 0.1) is 35.9 Å². The van der Waals surface area contributed by atoms with Crippen molar-refractivity contribution in [3.63, 3.8) is 0 Å². The van der Waals surface area contributed by atoms with Crippen LogP contribution < -0.4 is 0 Å². The molecule has 0 heterocycles. The van der Waals surface area contributed by atoms with Crippen molar-refractivity contribution in [2.24, 2.45) is 5.41 Å². The fourth-order valence-corrected chi connectivity index (χ4v) is 3.29. The van der Waals surface area contributed by atoms with E-state index in [2.05, 4.69) is 6.07 Å². The van der Waals surface area contributed by atoms with Crippen molar-refractivity contribution in [1.82, 2.24) is 0 Å². The molecule has 1 aliphatic rings. The van der Waals surface area contributed by atoms with Gasteiger partial charge in [0.25, 0.3) is 0 Å². The molecule has 0 radical (unpaired) electrons. The lowest BCUT2D eigenvalue weighted by Gasteiger charge is -2.41. The van der Waals surface area contributed by atoms with Crippen molar-refractivity contribution < 1.29 is 19.4 Å². The molecule has 0 atom stereocenters. The number of esters is 1. The SMILES string of the molecule is CCOC(=O)/C(O)=C(/C#N)C1(C#N)CCC(C)(OCc2ccccc2)CC1. The van der Waals surface area contributed by atoms with Crippen LogP contribution in [-0.2, 0) is 20.9 Å². The van der Waals surface area contributed by atoms with Gasteiger partial charge in [0, 0.05) is 0 Å². The van der Waals surface area contributed by atoms with Gasteiger partial charge in [0.15, 0.2) is 0 Å². The average Bonchev–Trinajstić information content (AvgIpc) is 2.70. The Balaban J connectivity index is 2.14. The van der Waals surface area contributed by atoms with Crippen molar-refractivity contribution in [1.29, 1.82) is 10.5 Å². The lowest BCUT2D eigenvalue weighted by Crippen LogP contribution is -2.39. The highest BCUT2D eigenvalue weighted by molar-refractivity contribution is 5.88. The minimum Gasteiger partial charge on any atom is -0.501 e. The second-order valence-corrected chi connectivity index (χ2v) is 6.97. The molecule has 1 aliphatic carbocycles. The Kier molecular flexibility index (Phi) is 6.60. The van der Waals surface area contributed by atoms with E-state index in [-0.39, 0.29) is 12.2 Å². The molecular formula is C21H24N2O4. The van der Waals surface area contributed by atoms with Crippen molar-refractivity contribution >= 4 is 5.97 Å². The number of aliphatic hydroxyl groups excluding tert-OH is 1. The van der Waals surface area contributed by atoms with E-state index in [1.54, 1.807) is 6.92 Å². The number of nitrogens with zero attached hydrogens (tertiary/aromatic N) is 2. The first kappa shape index (κ1) is 20.5. The van der Waals surface area contributed by atoms with E-state index in [1.807, 2.05) is 43.3 Å². The third kappa shape index (κ3) is 4.67. The van der Waals surface area contributed by atoms with Gasteiger partial charge in [-0.3, -0.25) is 0 Å². The molecule has 1 N–H and O–H groups in total. The van der Waals surface area contributed by atoms with Crippen LogP contribution in [0.3, 0.4) is 0 Å². The smallest absolute Gasteiger partial charge is 0.374 e. The van der Waals surface area contributed by atoms with E-state index in [0.717, 1.165) is 5.56 Å². The van der Waals surface area contributed by atoms with Gasteiger partial charge < -0.3 is 14.6 Å². The zero-order chi connectivity index (χ0) is 19.9. The normalized spacial score (nSPS) is 25.6. The maximum atomic E-state index is 11.8. The zero-order valence-corrected chi connectivity index (χ0v) is 15.7. The number of hydrogen-bond acceptors (Lipinski definition) is 6. The molecule has 27 heavy (non-hydrogen) atoms. The highest BCUT2D eigenvalue weighted by Crippen LogP contribution is 2.47. The summed E-state index contributed by atoms with van der Waals surface area (Å²) in [5.74, 6) is -1.74. The number of carbonyl (C=O) groups excluding carboxylic acids is 1. The predicted molar refractivity (Wildman–Crippen MR) is 98.1 cm³/mol. The van der Waals surface area contributed by atoms with Gasteiger partial charge in [-0.1, -0.05) is 30.3 Å². The lowest BCUT2D eigenvalue weighted by molar-refractivity contribution is -0.141. The molecule has 142 valence electrons. The maximum absolute atomic E-state index is 11.8. The Bertz CT molecular complexity index is 779. The fraction of sp³-hybridized carbons (Fsp3) is 0.476. The number of hydrogen-bond donors (Lipinski definition) is 1. The molecule has 1 aromatic carbocycles. The number of rotatable bonds is 6. The molecule has 2 rings (SSSR count).